The molecule has 238 valence electrons. The molecule has 0 aliphatic heterocycles. The molecular weight excluding hydrogens is 666 g/mol. The van der Waals surface area contributed by atoms with Gasteiger partial charge in [0.2, 0.25) is 0 Å². The quantitative estimate of drug-likeness (QED) is 0.183. The van der Waals surface area contributed by atoms with Crippen LogP contribution in [-0.2, 0) is 20.9 Å². The van der Waals surface area contributed by atoms with E-state index in [1.54, 1.807) is 16.1 Å². The first-order valence-electron chi connectivity index (χ1n) is 15.8. The average molecular weight is 705 g/mol. The Labute approximate surface area is 285 Å². The van der Waals surface area contributed by atoms with Crippen LogP contribution >= 0.6 is 15.9 Å². The highest BCUT2D eigenvalue weighted by Crippen LogP contribution is 2.42. The first-order valence-corrected chi connectivity index (χ1v) is 18.1. The van der Waals surface area contributed by atoms with E-state index in [2.05, 4.69) is 106 Å². The van der Waals surface area contributed by atoms with Gasteiger partial charge in [-0.3, -0.25) is 0 Å². The number of aryl methyl sites for hydroxylation is 1. The zero-order valence-corrected chi connectivity index (χ0v) is 30.2. The van der Waals surface area contributed by atoms with Crippen molar-refractivity contribution in [3.63, 3.8) is 0 Å². The van der Waals surface area contributed by atoms with Crippen LogP contribution in [-0.4, -0.2) is 22.2 Å². The summed E-state index contributed by atoms with van der Waals surface area (Å²) in [5.74, 6) is 0. The van der Waals surface area contributed by atoms with Gasteiger partial charge in [0, 0.05) is 26.2 Å². The summed E-state index contributed by atoms with van der Waals surface area (Å²) in [5, 5.41) is 8.04. The van der Waals surface area contributed by atoms with Crippen LogP contribution in [0.1, 0.15) is 58.2 Å². The molecule has 0 aliphatic rings. The fourth-order valence-corrected chi connectivity index (χ4v) is 8.25. The topological polar surface area (TPSA) is 56.9 Å². The van der Waals surface area contributed by atoms with Crippen molar-refractivity contribution in [3.05, 3.63) is 124 Å². The van der Waals surface area contributed by atoms with Crippen molar-refractivity contribution in [1.82, 2.24) is 13.8 Å². The molecule has 0 saturated heterocycles. The number of rotatable bonds is 4. The van der Waals surface area contributed by atoms with Gasteiger partial charge in [0.1, 0.15) is 5.69 Å². The summed E-state index contributed by atoms with van der Waals surface area (Å²) in [7, 11) is -4.03. The Balaban J connectivity index is 1.69. The molecule has 2 heterocycles. The third-order valence-corrected chi connectivity index (χ3v) is 11.2. The molecule has 0 bridgehead atoms. The molecular formula is C40H38BrN3O2S. The van der Waals surface area contributed by atoms with Crippen LogP contribution in [0.5, 0.6) is 0 Å². The summed E-state index contributed by atoms with van der Waals surface area (Å²) in [6.45, 7) is 15.1. The predicted molar refractivity (Wildman–Crippen MR) is 198 cm³/mol. The van der Waals surface area contributed by atoms with Gasteiger partial charge in [-0.05, 0) is 83.5 Å². The van der Waals surface area contributed by atoms with Gasteiger partial charge in [-0.1, -0.05) is 112 Å². The zero-order valence-electron chi connectivity index (χ0n) is 27.8. The summed E-state index contributed by atoms with van der Waals surface area (Å²) in [4.78, 5) is 0.243. The Morgan fingerprint density at radius 3 is 2.02 bits per heavy atom. The van der Waals surface area contributed by atoms with E-state index in [1.165, 1.54) is 0 Å². The van der Waals surface area contributed by atoms with Crippen LogP contribution in [0.2, 0.25) is 0 Å². The summed E-state index contributed by atoms with van der Waals surface area (Å²) in [6, 6.07) is 33.9. The summed E-state index contributed by atoms with van der Waals surface area (Å²) >= 11 is 3.63. The number of halogens is 1. The van der Waals surface area contributed by atoms with Crippen molar-refractivity contribution < 1.29 is 8.42 Å². The second-order valence-corrected chi connectivity index (χ2v) is 17.2. The Morgan fingerprint density at radius 1 is 0.660 bits per heavy atom. The molecule has 0 unspecified atom stereocenters. The number of hydrogen-bond acceptors (Lipinski definition) is 3. The largest absolute Gasteiger partial charge is 0.268 e. The molecule has 47 heavy (non-hydrogen) atoms. The van der Waals surface area contributed by atoms with Gasteiger partial charge in [0.15, 0.2) is 0 Å². The van der Waals surface area contributed by atoms with E-state index < -0.39 is 10.0 Å². The lowest BCUT2D eigenvalue weighted by atomic mass is 9.84. The van der Waals surface area contributed by atoms with Gasteiger partial charge in [-0.2, -0.15) is 5.10 Å². The van der Waals surface area contributed by atoms with Gasteiger partial charge in [0.05, 0.1) is 27.1 Å². The number of nitrogens with zero attached hydrogens (tertiary/aromatic N) is 3. The third kappa shape index (κ3) is 5.30. The SMILES string of the molecule is Cc1ccc(S(=O)(=O)n2c3ccc(C(C)(C)C)cc3c3cc(C(C)(C)C)cc(-n4nc(-c5cccc(Br)c5)c5ccccc54)c32)cc1. The van der Waals surface area contributed by atoms with Crippen LogP contribution in [0.4, 0.5) is 0 Å². The third-order valence-electron chi connectivity index (χ3n) is 9.00. The number of benzene rings is 5. The van der Waals surface area contributed by atoms with Crippen LogP contribution in [0, 0.1) is 6.92 Å². The van der Waals surface area contributed by atoms with Crippen LogP contribution in [0.25, 0.3) is 49.7 Å². The Hall–Kier alpha value is -4.20. The van der Waals surface area contributed by atoms with Gasteiger partial charge in [-0.15, -0.1) is 0 Å². The molecule has 5 aromatic carbocycles. The molecule has 0 spiro atoms. The second kappa shape index (κ2) is 10.9. The maximum absolute atomic E-state index is 14.8. The highest BCUT2D eigenvalue weighted by Gasteiger charge is 2.30. The number of aromatic nitrogens is 3. The molecule has 0 aliphatic carbocycles. The zero-order chi connectivity index (χ0) is 33.5. The van der Waals surface area contributed by atoms with E-state index >= 15 is 0 Å². The van der Waals surface area contributed by atoms with Gasteiger partial charge in [0.25, 0.3) is 10.0 Å². The van der Waals surface area contributed by atoms with E-state index in [1.807, 2.05) is 54.1 Å². The second-order valence-electron chi connectivity index (χ2n) is 14.5. The van der Waals surface area contributed by atoms with Gasteiger partial charge < -0.3 is 0 Å². The average Bonchev–Trinajstić information content (AvgIpc) is 3.56. The maximum Gasteiger partial charge on any atom is 0.268 e. The van der Waals surface area contributed by atoms with Gasteiger partial charge >= 0.3 is 0 Å². The van der Waals surface area contributed by atoms with E-state index in [0.717, 1.165) is 54.1 Å². The highest BCUT2D eigenvalue weighted by molar-refractivity contribution is 9.10. The standard InChI is InChI=1S/C40H38BrN3O2S/c1-25-15-18-30(19-16-25)47(45,46)44-35-20-17-27(39(2,3)4)22-32(35)33-23-28(40(5,6)7)24-36(38(33)44)43-34-14-9-8-13-31(34)37(42-43)26-11-10-12-29(41)21-26/h8-24H,1-7H3. The number of para-hydroxylation sites is 1. The van der Waals surface area contributed by atoms with Crippen molar-refractivity contribution in [1.29, 1.82) is 0 Å². The minimum absolute atomic E-state index is 0.125. The number of fused-ring (bicyclic) bond motifs is 4. The lowest BCUT2D eigenvalue weighted by Gasteiger charge is -2.21. The summed E-state index contributed by atoms with van der Waals surface area (Å²) in [6.07, 6.45) is 0. The molecule has 0 radical (unpaired) electrons. The molecule has 7 aromatic rings. The molecule has 2 aromatic heterocycles. The molecule has 0 amide bonds. The summed E-state index contributed by atoms with van der Waals surface area (Å²) in [5.41, 5.74) is 7.56. The van der Waals surface area contributed by atoms with Crippen LogP contribution < -0.4 is 0 Å². The van der Waals surface area contributed by atoms with Crippen LogP contribution in [0.15, 0.2) is 112 Å². The fourth-order valence-electron chi connectivity index (χ4n) is 6.31. The minimum atomic E-state index is -4.03. The van der Waals surface area contributed by atoms with Crippen molar-refractivity contribution in [3.8, 4) is 16.9 Å². The van der Waals surface area contributed by atoms with Crippen molar-refractivity contribution in [2.75, 3.05) is 0 Å². The van der Waals surface area contributed by atoms with Crippen LogP contribution in [0.3, 0.4) is 0 Å². The number of hydrogen-bond donors (Lipinski definition) is 0. The highest BCUT2D eigenvalue weighted by atomic mass is 79.9. The first-order chi connectivity index (χ1) is 22.1. The van der Waals surface area contributed by atoms with Crippen molar-refractivity contribution in [2.24, 2.45) is 0 Å². The summed E-state index contributed by atoms with van der Waals surface area (Å²) < 4.78 is 34.1. The molecule has 7 rings (SSSR count). The van der Waals surface area contributed by atoms with Gasteiger partial charge in [-0.25, -0.2) is 17.1 Å². The molecule has 0 fully saturated rings. The molecule has 5 nitrogen and oxygen atoms in total. The molecule has 0 atom stereocenters. The van der Waals surface area contributed by atoms with E-state index in [-0.39, 0.29) is 15.7 Å². The van der Waals surface area contributed by atoms with E-state index in [9.17, 15) is 8.42 Å². The normalized spacial score (nSPS) is 12.9. The Morgan fingerprint density at radius 2 is 1.34 bits per heavy atom. The van der Waals surface area contributed by atoms with E-state index in [0.29, 0.717) is 16.7 Å². The molecule has 0 saturated carbocycles. The molecule has 0 N–H and O–H groups in total. The van der Waals surface area contributed by atoms with E-state index in [4.69, 9.17) is 5.10 Å². The molecule has 7 heteroatoms. The first kappa shape index (κ1) is 31.4. The Bertz CT molecular complexity index is 2460. The van der Waals surface area contributed by atoms with Crippen molar-refractivity contribution >= 4 is 58.7 Å². The lowest BCUT2D eigenvalue weighted by molar-refractivity contribution is 0.589. The predicted octanol–water partition coefficient (Wildman–Crippen LogP) is 10.7. The maximum atomic E-state index is 14.8. The Kier molecular flexibility index (Phi) is 7.30. The monoisotopic (exact) mass is 703 g/mol. The lowest BCUT2D eigenvalue weighted by Crippen LogP contribution is -2.16. The van der Waals surface area contributed by atoms with Crippen molar-refractivity contribution in [2.45, 2.75) is 64.2 Å². The smallest absolute Gasteiger partial charge is 0.231 e. The minimum Gasteiger partial charge on any atom is -0.231 e. The fraction of sp³-hybridized carbons (Fsp3) is 0.225.